The number of carbonyl (C=O) groups excluding carboxylic acids is 1. The highest BCUT2D eigenvalue weighted by molar-refractivity contribution is 7.92. The van der Waals surface area contributed by atoms with E-state index in [-0.39, 0.29) is 24.1 Å². The van der Waals surface area contributed by atoms with Gasteiger partial charge in [0.15, 0.2) is 9.84 Å². The normalized spacial score (nSPS) is 22.5. The number of aromatic nitrogens is 3. The predicted molar refractivity (Wildman–Crippen MR) is 59.9 cm³/mol. The Hall–Kier alpha value is -1.64. The fourth-order valence-electron chi connectivity index (χ4n) is 1.75. The minimum Gasteiger partial charge on any atom is -0.366 e. The van der Waals surface area contributed by atoms with Crippen molar-refractivity contribution in [1.29, 1.82) is 0 Å². The highest BCUT2D eigenvalue weighted by Gasteiger charge is 2.31. The lowest BCUT2D eigenvalue weighted by molar-refractivity contribution is 0.0943. The average molecular weight is 259 g/mol. The number of aromatic amines is 1. The molecule has 4 N–H and O–H groups in total. The molecule has 8 nitrogen and oxygen atoms in total. The summed E-state index contributed by atoms with van der Waals surface area (Å²) in [6.45, 7) is 0.0990. The van der Waals surface area contributed by atoms with Crippen molar-refractivity contribution in [3.8, 4) is 0 Å². The van der Waals surface area contributed by atoms with E-state index in [1.165, 1.54) is 0 Å². The third-order valence-electron chi connectivity index (χ3n) is 2.67. The number of anilines is 1. The Kier molecular flexibility index (Phi) is 3.01. The summed E-state index contributed by atoms with van der Waals surface area (Å²) in [7, 11) is -3.05. The highest BCUT2D eigenvalue weighted by atomic mass is 32.2. The molecule has 0 bridgehead atoms. The predicted octanol–water partition coefficient (Wildman–Crippen LogP) is -1.31. The zero-order valence-electron chi connectivity index (χ0n) is 9.01. The third kappa shape index (κ3) is 2.54. The summed E-state index contributed by atoms with van der Waals surface area (Å²) in [5, 5.41) is 7.87. The maximum Gasteiger partial charge on any atom is 0.288 e. The van der Waals surface area contributed by atoms with Crippen LogP contribution in [0, 0.1) is 0 Å². The third-order valence-corrected chi connectivity index (χ3v) is 4.95. The first-order valence-electron chi connectivity index (χ1n) is 5.16. The van der Waals surface area contributed by atoms with Gasteiger partial charge in [-0.05, 0) is 12.8 Å². The molecule has 1 aliphatic rings. The van der Waals surface area contributed by atoms with E-state index in [1.54, 1.807) is 0 Å². The number of hydrogen-bond acceptors (Lipinski definition) is 6. The summed E-state index contributed by atoms with van der Waals surface area (Å²) in [6, 6.07) is 0. The number of nitrogens with zero attached hydrogens (tertiary/aromatic N) is 2. The standard InChI is InChI=1S/C8H13N5O3S/c9-8-11-6(12-13-8)7(14)10-4-5-2-1-3-17(5,15)16/h5H,1-4H2,(H,10,14)(H3,9,11,12,13). The number of nitrogens with two attached hydrogens (primary N) is 1. The van der Waals surface area contributed by atoms with Gasteiger partial charge in [-0.2, -0.15) is 4.98 Å². The Morgan fingerprint density at radius 3 is 2.88 bits per heavy atom. The minimum absolute atomic E-state index is 0.0158. The maximum absolute atomic E-state index is 11.5. The number of rotatable bonds is 3. The van der Waals surface area contributed by atoms with Crippen molar-refractivity contribution in [3.63, 3.8) is 0 Å². The number of carbonyl (C=O) groups is 1. The SMILES string of the molecule is Nc1n[nH]c(C(=O)NCC2CCCS2(=O)=O)n1. The van der Waals surface area contributed by atoms with Crippen LogP contribution in [0.25, 0.3) is 0 Å². The molecule has 0 aromatic carbocycles. The summed E-state index contributed by atoms with van der Waals surface area (Å²) in [4.78, 5) is 15.2. The van der Waals surface area contributed by atoms with Gasteiger partial charge in [0.25, 0.3) is 5.91 Å². The topological polar surface area (TPSA) is 131 Å². The number of nitrogens with one attached hydrogen (secondary N) is 2. The molecule has 17 heavy (non-hydrogen) atoms. The molecule has 1 aliphatic heterocycles. The second-order valence-corrected chi connectivity index (χ2v) is 6.28. The number of H-pyrrole nitrogens is 1. The first-order valence-corrected chi connectivity index (χ1v) is 6.88. The maximum atomic E-state index is 11.5. The van der Waals surface area contributed by atoms with Gasteiger partial charge in [-0.1, -0.05) is 0 Å². The lowest BCUT2D eigenvalue weighted by atomic mass is 10.2. The van der Waals surface area contributed by atoms with Crippen molar-refractivity contribution in [2.24, 2.45) is 0 Å². The van der Waals surface area contributed by atoms with Gasteiger partial charge in [-0.25, -0.2) is 8.42 Å². The van der Waals surface area contributed by atoms with Crippen LogP contribution in [-0.2, 0) is 9.84 Å². The van der Waals surface area contributed by atoms with Crippen molar-refractivity contribution in [1.82, 2.24) is 20.5 Å². The molecule has 1 saturated heterocycles. The highest BCUT2D eigenvalue weighted by Crippen LogP contribution is 2.18. The first-order chi connectivity index (χ1) is 7.99. The summed E-state index contributed by atoms with van der Waals surface area (Å²) < 4.78 is 23.0. The largest absolute Gasteiger partial charge is 0.366 e. The van der Waals surface area contributed by atoms with Crippen molar-refractivity contribution in [2.75, 3.05) is 18.0 Å². The van der Waals surface area contributed by atoms with Gasteiger partial charge in [0, 0.05) is 6.54 Å². The summed E-state index contributed by atoms with van der Waals surface area (Å²) in [5.74, 6) is -0.346. The van der Waals surface area contributed by atoms with Crippen LogP contribution in [-0.4, -0.2) is 47.1 Å². The van der Waals surface area contributed by atoms with E-state index in [1.807, 2.05) is 0 Å². The number of nitrogen functional groups attached to an aromatic ring is 1. The van der Waals surface area contributed by atoms with E-state index in [0.717, 1.165) is 0 Å². The van der Waals surface area contributed by atoms with E-state index in [2.05, 4.69) is 20.5 Å². The summed E-state index contributed by atoms with van der Waals surface area (Å²) in [5.41, 5.74) is 5.25. The van der Waals surface area contributed by atoms with Gasteiger partial charge < -0.3 is 11.1 Å². The zero-order chi connectivity index (χ0) is 12.5. The second-order valence-electron chi connectivity index (χ2n) is 3.88. The lowest BCUT2D eigenvalue weighted by Gasteiger charge is -2.09. The lowest BCUT2D eigenvalue weighted by Crippen LogP contribution is -2.35. The van der Waals surface area contributed by atoms with Gasteiger partial charge >= 0.3 is 0 Å². The molecule has 1 aromatic rings. The van der Waals surface area contributed by atoms with Gasteiger partial charge in [-0.3, -0.25) is 9.89 Å². The number of sulfone groups is 1. The molecule has 0 spiro atoms. The van der Waals surface area contributed by atoms with E-state index in [0.29, 0.717) is 12.8 Å². The molecule has 2 heterocycles. The van der Waals surface area contributed by atoms with Gasteiger partial charge in [0.2, 0.25) is 11.8 Å². The van der Waals surface area contributed by atoms with Crippen LogP contribution < -0.4 is 11.1 Å². The fourth-order valence-corrected chi connectivity index (χ4v) is 3.52. The molecule has 1 atom stereocenters. The van der Waals surface area contributed by atoms with Crippen molar-refractivity contribution in [3.05, 3.63) is 5.82 Å². The van der Waals surface area contributed by atoms with Crippen LogP contribution in [0.2, 0.25) is 0 Å². The Morgan fingerprint density at radius 2 is 2.35 bits per heavy atom. The number of amides is 1. The summed E-state index contributed by atoms with van der Waals surface area (Å²) in [6.07, 6.45) is 1.24. The van der Waals surface area contributed by atoms with Crippen LogP contribution in [0.3, 0.4) is 0 Å². The Labute approximate surface area is 97.9 Å². The molecule has 0 radical (unpaired) electrons. The van der Waals surface area contributed by atoms with Crippen molar-refractivity contribution < 1.29 is 13.2 Å². The number of hydrogen-bond donors (Lipinski definition) is 3. The molecule has 1 amide bonds. The van der Waals surface area contributed by atoms with Crippen LogP contribution in [0.5, 0.6) is 0 Å². The average Bonchev–Trinajstić information content (AvgIpc) is 2.81. The second kappa shape index (κ2) is 4.32. The smallest absolute Gasteiger partial charge is 0.288 e. The molecule has 0 saturated carbocycles. The Balaban J connectivity index is 1.93. The van der Waals surface area contributed by atoms with E-state index < -0.39 is 21.0 Å². The fraction of sp³-hybridized carbons (Fsp3) is 0.625. The van der Waals surface area contributed by atoms with E-state index >= 15 is 0 Å². The van der Waals surface area contributed by atoms with Crippen LogP contribution >= 0.6 is 0 Å². The van der Waals surface area contributed by atoms with Gasteiger partial charge in [0.05, 0.1) is 11.0 Å². The molecule has 1 fully saturated rings. The van der Waals surface area contributed by atoms with Gasteiger partial charge in [0.1, 0.15) is 0 Å². The Bertz CT molecular complexity index is 523. The Morgan fingerprint density at radius 1 is 1.59 bits per heavy atom. The van der Waals surface area contributed by atoms with Crippen molar-refractivity contribution >= 4 is 21.7 Å². The quantitative estimate of drug-likeness (QED) is 0.618. The van der Waals surface area contributed by atoms with Crippen LogP contribution in [0.1, 0.15) is 23.5 Å². The monoisotopic (exact) mass is 259 g/mol. The molecular weight excluding hydrogens is 246 g/mol. The first kappa shape index (κ1) is 11.8. The molecule has 0 aliphatic carbocycles. The molecule has 1 unspecified atom stereocenters. The van der Waals surface area contributed by atoms with Crippen LogP contribution in [0.15, 0.2) is 0 Å². The molecule has 2 rings (SSSR count). The van der Waals surface area contributed by atoms with Crippen LogP contribution in [0.4, 0.5) is 5.95 Å². The van der Waals surface area contributed by atoms with E-state index in [4.69, 9.17) is 5.73 Å². The molecular formula is C8H13N5O3S. The molecule has 9 heteroatoms. The van der Waals surface area contributed by atoms with Gasteiger partial charge in [-0.15, -0.1) is 5.10 Å². The van der Waals surface area contributed by atoms with Crippen molar-refractivity contribution in [2.45, 2.75) is 18.1 Å². The summed E-state index contributed by atoms with van der Waals surface area (Å²) >= 11 is 0. The minimum atomic E-state index is -3.05. The molecule has 1 aromatic heterocycles. The van der Waals surface area contributed by atoms with E-state index in [9.17, 15) is 13.2 Å². The molecule has 94 valence electrons. The zero-order valence-corrected chi connectivity index (χ0v) is 9.83.